The molecule has 9 heavy (non-hydrogen) atoms. The van der Waals surface area contributed by atoms with Gasteiger partial charge < -0.3 is 4.42 Å². The fourth-order valence-electron chi connectivity index (χ4n) is 0.588. The molecule has 0 unspecified atom stereocenters. The number of rotatable bonds is 0. The lowest BCUT2D eigenvalue weighted by Crippen LogP contribution is -1.96. The number of hydrogen-bond donors (Lipinski definition) is 1. The molecular weight excluding hydrogens is 136 g/mol. The molecule has 0 aliphatic heterocycles. The van der Waals surface area contributed by atoms with Gasteiger partial charge >= 0.3 is 5.63 Å². The molecule has 0 saturated heterocycles. The van der Waals surface area contributed by atoms with Gasteiger partial charge in [0.1, 0.15) is 5.76 Å². The smallest absolute Gasteiger partial charge is 0.336 e. The molecule has 0 fully saturated rings. The van der Waals surface area contributed by atoms with Crippen molar-refractivity contribution in [3.8, 4) is 0 Å². The topological polar surface area (TPSA) is 30.2 Å². The fraction of sp³-hybridized carbons (Fsp3) is 0.167. The van der Waals surface area contributed by atoms with Crippen molar-refractivity contribution in [1.29, 1.82) is 0 Å². The van der Waals surface area contributed by atoms with Gasteiger partial charge in [0, 0.05) is 11.0 Å². The average Bonchev–Trinajstić information content (AvgIpc) is 1.59. The quantitative estimate of drug-likeness (QED) is 0.552. The Bertz CT molecular complexity index is 241. The molecule has 1 rings (SSSR count). The Morgan fingerprint density at radius 2 is 2.22 bits per heavy atom. The zero-order valence-corrected chi connectivity index (χ0v) is 5.81. The van der Waals surface area contributed by atoms with E-state index < -0.39 is 0 Å². The molecular formula is C6H6O2S. The Kier molecular flexibility index (Phi) is 1.62. The summed E-state index contributed by atoms with van der Waals surface area (Å²) in [6.07, 6.45) is 0. The van der Waals surface area contributed by atoms with Crippen LogP contribution in [0.15, 0.2) is 26.2 Å². The van der Waals surface area contributed by atoms with Crippen LogP contribution in [0, 0.1) is 6.92 Å². The van der Waals surface area contributed by atoms with Crippen LogP contribution >= 0.6 is 12.6 Å². The molecule has 1 heterocycles. The molecule has 0 bridgehead atoms. The van der Waals surface area contributed by atoms with E-state index in [0.717, 1.165) is 0 Å². The van der Waals surface area contributed by atoms with Gasteiger partial charge in [0.15, 0.2) is 0 Å². The van der Waals surface area contributed by atoms with E-state index in [1.54, 1.807) is 13.0 Å². The second-order valence-electron chi connectivity index (χ2n) is 1.75. The predicted molar refractivity (Wildman–Crippen MR) is 37.0 cm³/mol. The normalized spacial score (nSPS) is 9.56. The summed E-state index contributed by atoms with van der Waals surface area (Å²) in [6.45, 7) is 1.71. The van der Waals surface area contributed by atoms with Crippen LogP contribution in [0.3, 0.4) is 0 Å². The second-order valence-corrected chi connectivity index (χ2v) is 2.26. The van der Waals surface area contributed by atoms with Crippen LogP contribution in [0.25, 0.3) is 0 Å². The number of aryl methyl sites for hydroxylation is 1. The van der Waals surface area contributed by atoms with Gasteiger partial charge in [-0.25, -0.2) is 4.79 Å². The Hall–Kier alpha value is -0.700. The molecule has 2 nitrogen and oxygen atoms in total. The van der Waals surface area contributed by atoms with Crippen LogP contribution in [0.5, 0.6) is 0 Å². The summed E-state index contributed by atoms with van der Waals surface area (Å²) in [7, 11) is 0. The van der Waals surface area contributed by atoms with Crippen LogP contribution in [0.2, 0.25) is 0 Å². The third-order valence-electron chi connectivity index (χ3n) is 0.878. The van der Waals surface area contributed by atoms with Crippen molar-refractivity contribution in [3.05, 3.63) is 28.3 Å². The van der Waals surface area contributed by atoms with Crippen LogP contribution in [0.4, 0.5) is 0 Å². The van der Waals surface area contributed by atoms with Gasteiger partial charge in [-0.05, 0) is 13.0 Å². The van der Waals surface area contributed by atoms with Gasteiger partial charge in [-0.15, -0.1) is 12.6 Å². The maximum atomic E-state index is 10.5. The lowest BCUT2D eigenvalue weighted by Gasteiger charge is -1.89. The SMILES string of the molecule is Cc1cc(S)cc(=O)o1. The van der Waals surface area contributed by atoms with Crippen molar-refractivity contribution < 1.29 is 4.42 Å². The molecule has 0 aliphatic carbocycles. The highest BCUT2D eigenvalue weighted by molar-refractivity contribution is 7.80. The first kappa shape index (κ1) is 6.42. The van der Waals surface area contributed by atoms with E-state index in [9.17, 15) is 4.79 Å². The summed E-state index contributed by atoms with van der Waals surface area (Å²) in [4.78, 5) is 11.1. The van der Waals surface area contributed by atoms with Gasteiger partial charge in [-0.1, -0.05) is 0 Å². The summed E-state index contributed by atoms with van der Waals surface area (Å²) in [6, 6.07) is 3.01. The van der Waals surface area contributed by atoms with Gasteiger partial charge in [0.05, 0.1) is 0 Å². The summed E-state index contributed by atoms with van der Waals surface area (Å²) < 4.78 is 4.65. The molecule has 1 aromatic heterocycles. The maximum absolute atomic E-state index is 10.5. The summed E-state index contributed by atoms with van der Waals surface area (Å²) in [5.41, 5.74) is -0.347. The Morgan fingerprint density at radius 1 is 1.56 bits per heavy atom. The molecule has 1 aromatic rings. The van der Waals surface area contributed by atoms with Crippen LogP contribution in [-0.2, 0) is 0 Å². The molecule has 0 aromatic carbocycles. The third kappa shape index (κ3) is 1.61. The molecule has 0 amide bonds. The summed E-state index contributed by atoms with van der Waals surface area (Å²) in [5.74, 6) is 0.590. The highest BCUT2D eigenvalue weighted by Gasteiger charge is 1.90. The van der Waals surface area contributed by atoms with E-state index in [-0.39, 0.29) is 5.63 Å². The molecule has 0 saturated carbocycles. The van der Waals surface area contributed by atoms with Crippen molar-refractivity contribution in [3.63, 3.8) is 0 Å². The molecule has 0 N–H and O–H groups in total. The fourth-order valence-corrected chi connectivity index (χ4v) is 0.875. The lowest BCUT2D eigenvalue weighted by atomic mass is 10.4. The molecule has 48 valence electrons. The van der Waals surface area contributed by atoms with Crippen LogP contribution in [0.1, 0.15) is 5.76 Å². The standard InChI is InChI=1S/C6H6O2S/c1-4-2-5(9)3-6(7)8-4/h2-3,9H,1H3. The molecule has 0 spiro atoms. The van der Waals surface area contributed by atoms with Gasteiger partial charge in [0.2, 0.25) is 0 Å². The van der Waals surface area contributed by atoms with Crippen molar-refractivity contribution in [2.45, 2.75) is 11.8 Å². The van der Waals surface area contributed by atoms with E-state index in [0.29, 0.717) is 10.7 Å². The maximum Gasteiger partial charge on any atom is 0.336 e. The van der Waals surface area contributed by atoms with Gasteiger partial charge in [-0.3, -0.25) is 0 Å². The zero-order chi connectivity index (χ0) is 6.85. The number of hydrogen-bond acceptors (Lipinski definition) is 3. The molecule has 0 aliphatic rings. The Morgan fingerprint density at radius 3 is 2.67 bits per heavy atom. The van der Waals surface area contributed by atoms with E-state index >= 15 is 0 Å². The first-order chi connectivity index (χ1) is 4.18. The summed E-state index contributed by atoms with van der Waals surface area (Å²) in [5, 5.41) is 0. The van der Waals surface area contributed by atoms with Crippen LogP contribution in [-0.4, -0.2) is 0 Å². The van der Waals surface area contributed by atoms with E-state index in [1.807, 2.05) is 0 Å². The largest absolute Gasteiger partial charge is 0.428 e. The predicted octanol–water partition coefficient (Wildman–Crippen LogP) is 1.24. The summed E-state index contributed by atoms with van der Waals surface area (Å²) >= 11 is 3.96. The molecule has 0 radical (unpaired) electrons. The monoisotopic (exact) mass is 142 g/mol. The Balaban J connectivity index is 3.33. The number of thiol groups is 1. The molecule has 0 atom stereocenters. The molecule has 3 heteroatoms. The van der Waals surface area contributed by atoms with Gasteiger partial charge in [-0.2, -0.15) is 0 Å². The van der Waals surface area contributed by atoms with Crippen LogP contribution < -0.4 is 5.63 Å². The van der Waals surface area contributed by atoms with Crippen molar-refractivity contribution in [2.75, 3.05) is 0 Å². The minimum Gasteiger partial charge on any atom is -0.428 e. The highest BCUT2D eigenvalue weighted by Crippen LogP contribution is 2.02. The zero-order valence-electron chi connectivity index (χ0n) is 4.92. The van der Waals surface area contributed by atoms with Gasteiger partial charge in [0.25, 0.3) is 0 Å². The first-order valence-electron chi connectivity index (χ1n) is 2.49. The lowest BCUT2D eigenvalue weighted by molar-refractivity contribution is 0.475. The van der Waals surface area contributed by atoms with E-state index in [2.05, 4.69) is 17.0 Å². The second kappa shape index (κ2) is 2.27. The van der Waals surface area contributed by atoms with E-state index in [1.165, 1.54) is 6.07 Å². The highest BCUT2D eigenvalue weighted by atomic mass is 32.1. The van der Waals surface area contributed by atoms with Crippen molar-refractivity contribution in [2.24, 2.45) is 0 Å². The van der Waals surface area contributed by atoms with Crippen molar-refractivity contribution >= 4 is 12.6 Å². The van der Waals surface area contributed by atoms with Crippen molar-refractivity contribution in [1.82, 2.24) is 0 Å². The first-order valence-corrected chi connectivity index (χ1v) is 2.94. The average molecular weight is 142 g/mol. The minimum absolute atomic E-state index is 0.347. The van der Waals surface area contributed by atoms with E-state index in [4.69, 9.17) is 0 Å². The third-order valence-corrected chi connectivity index (χ3v) is 1.14. The Labute approximate surface area is 57.9 Å². The minimum atomic E-state index is -0.347.